The van der Waals surface area contributed by atoms with Gasteiger partial charge < -0.3 is 29.3 Å². The maximum atomic E-state index is 13.0. The van der Waals surface area contributed by atoms with Gasteiger partial charge in [0.1, 0.15) is 5.75 Å². The number of likely N-dealkylation sites (N-methyl/N-ethyl adjacent to an activating group) is 2. The summed E-state index contributed by atoms with van der Waals surface area (Å²) in [7, 11) is 6.98. The van der Waals surface area contributed by atoms with Crippen molar-refractivity contribution < 1.29 is 23.8 Å². The van der Waals surface area contributed by atoms with E-state index in [9.17, 15) is 9.59 Å². The van der Waals surface area contributed by atoms with E-state index in [1.807, 2.05) is 29.2 Å². The Kier molecular flexibility index (Phi) is 10.1. The first kappa shape index (κ1) is 28.6. The molecule has 0 radical (unpaired) electrons. The SMILES string of the molecule is CNC(=O)COc1ccc2c(c1)CC2CN(C)CCC(=O)N1CCc2cc(OC)c(OC)cc2CC1.Cl. The maximum absolute atomic E-state index is 13.0. The van der Waals surface area contributed by atoms with Crippen LogP contribution in [0.25, 0.3) is 0 Å². The Bertz CT molecular complexity index is 1070. The molecule has 0 spiro atoms. The van der Waals surface area contributed by atoms with Crippen LogP contribution in [-0.4, -0.2) is 82.7 Å². The Hall–Kier alpha value is -2.97. The predicted octanol–water partition coefficient (Wildman–Crippen LogP) is 2.84. The molecule has 1 N–H and O–H groups in total. The number of carbonyl (C=O) groups is 2. The molecule has 9 heteroatoms. The van der Waals surface area contributed by atoms with Crippen molar-refractivity contribution in [2.75, 3.05) is 61.1 Å². The Morgan fingerprint density at radius 2 is 1.68 bits per heavy atom. The summed E-state index contributed by atoms with van der Waals surface area (Å²) in [6, 6.07) is 10.1. The normalized spacial score (nSPS) is 15.9. The van der Waals surface area contributed by atoms with Crippen molar-refractivity contribution in [3.05, 3.63) is 52.6 Å². The smallest absolute Gasteiger partial charge is 0.257 e. The molecule has 37 heavy (non-hydrogen) atoms. The van der Waals surface area contributed by atoms with E-state index in [0.717, 1.165) is 62.7 Å². The first-order chi connectivity index (χ1) is 17.4. The second-order valence-corrected chi connectivity index (χ2v) is 9.59. The van der Waals surface area contributed by atoms with Gasteiger partial charge in [-0.3, -0.25) is 9.59 Å². The van der Waals surface area contributed by atoms with Gasteiger partial charge in [-0.2, -0.15) is 0 Å². The molecule has 1 unspecified atom stereocenters. The molecule has 1 aliphatic carbocycles. The molecule has 2 amide bonds. The van der Waals surface area contributed by atoms with Gasteiger partial charge in [-0.1, -0.05) is 6.07 Å². The van der Waals surface area contributed by atoms with E-state index >= 15 is 0 Å². The molecule has 1 aliphatic heterocycles. The van der Waals surface area contributed by atoms with E-state index in [1.165, 1.54) is 22.3 Å². The van der Waals surface area contributed by atoms with E-state index in [2.05, 4.69) is 23.3 Å². The van der Waals surface area contributed by atoms with Crippen molar-refractivity contribution in [1.82, 2.24) is 15.1 Å². The molecule has 0 bridgehead atoms. The number of hydrogen-bond donors (Lipinski definition) is 1. The van der Waals surface area contributed by atoms with E-state index in [0.29, 0.717) is 12.3 Å². The minimum atomic E-state index is -0.142. The van der Waals surface area contributed by atoms with Crippen molar-refractivity contribution in [3.63, 3.8) is 0 Å². The average Bonchev–Trinajstić information content (AvgIpc) is 3.10. The summed E-state index contributed by atoms with van der Waals surface area (Å²) < 4.78 is 16.4. The van der Waals surface area contributed by atoms with Crippen LogP contribution in [0, 0.1) is 0 Å². The zero-order valence-corrected chi connectivity index (χ0v) is 23.0. The lowest BCUT2D eigenvalue weighted by molar-refractivity contribution is -0.131. The number of fused-ring (bicyclic) bond motifs is 2. The van der Waals surface area contributed by atoms with Gasteiger partial charge in [0, 0.05) is 45.6 Å². The van der Waals surface area contributed by atoms with Gasteiger partial charge >= 0.3 is 0 Å². The highest BCUT2D eigenvalue weighted by atomic mass is 35.5. The highest BCUT2D eigenvalue weighted by molar-refractivity contribution is 5.85. The van der Waals surface area contributed by atoms with E-state index in [-0.39, 0.29) is 30.8 Å². The number of nitrogens with one attached hydrogen (secondary N) is 1. The van der Waals surface area contributed by atoms with Gasteiger partial charge in [0.05, 0.1) is 14.2 Å². The van der Waals surface area contributed by atoms with Crippen LogP contribution < -0.4 is 19.5 Å². The maximum Gasteiger partial charge on any atom is 0.257 e. The second-order valence-electron chi connectivity index (χ2n) is 9.59. The highest BCUT2D eigenvalue weighted by Gasteiger charge is 2.28. The molecule has 202 valence electrons. The minimum absolute atomic E-state index is 0. The van der Waals surface area contributed by atoms with E-state index in [4.69, 9.17) is 14.2 Å². The largest absolute Gasteiger partial charge is 0.493 e. The first-order valence-corrected chi connectivity index (χ1v) is 12.6. The molecule has 2 aromatic carbocycles. The van der Waals surface area contributed by atoms with Crippen LogP contribution in [0.15, 0.2) is 30.3 Å². The molecule has 0 aromatic heterocycles. The Morgan fingerprint density at radius 3 is 2.24 bits per heavy atom. The summed E-state index contributed by atoms with van der Waals surface area (Å²) in [6.07, 6.45) is 3.16. The summed E-state index contributed by atoms with van der Waals surface area (Å²) in [6.45, 7) is 3.14. The number of amides is 2. The lowest BCUT2D eigenvalue weighted by Crippen LogP contribution is -2.37. The third-order valence-corrected chi connectivity index (χ3v) is 7.27. The van der Waals surface area contributed by atoms with Gasteiger partial charge in [0.15, 0.2) is 18.1 Å². The standard InChI is InChI=1S/C28H37N3O5.ClH/c1-29-27(32)18-36-23-5-6-24-21(14-23)13-22(24)17-30(2)10-9-28(33)31-11-7-19-15-25(34-3)26(35-4)16-20(19)8-12-31;/h5-6,14-16,22H,7-13,17-18H2,1-4H3,(H,29,32);1H. The van der Waals surface area contributed by atoms with E-state index < -0.39 is 0 Å². The Balaban J connectivity index is 0.00000380. The van der Waals surface area contributed by atoms with Gasteiger partial charge in [-0.15, -0.1) is 12.4 Å². The lowest BCUT2D eigenvalue weighted by Gasteiger charge is -2.34. The van der Waals surface area contributed by atoms with Gasteiger partial charge in [0.2, 0.25) is 5.91 Å². The summed E-state index contributed by atoms with van der Waals surface area (Å²) in [5.41, 5.74) is 5.06. The van der Waals surface area contributed by atoms with Gasteiger partial charge in [0.25, 0.3) is 5.91 Å². The Labute approximate surface area is 225 Å². The quantitative estimate of drug-likeness (QED) is 0.508. The average molecular weight is 532 g/mol. The molecule has 4 rings (SSSR count). The lowest BCUT2D eigenvalue weighted by atomic mass is 9.77. The molecule has 2 aliphatic rings. The Morgan fingerprint density at radius 1 is 1.03 bits per heavy atom. The van der Waals surface area contributed by atoms with Gasteiger partial charge in [-0.05, 0) is 72.8 Å². The zero-order chi connectivity index (χ0) is 25.7. The molecule has 8 nitrogen and oxygen atoms in total. The highest BCUT2D eigenvalue weighted by Crippen LogP contribution is 2.38. The fraction of sp³-hybridized carbons (Fsp3) is 0.500. The van der Waals surface area contributed by atoms with Crippen LogP contribution in [0.4, 0.5) is 0 Å². The molecule has 0 saturated carbocycles. The second kappa shape index (κ2) is 13.0. The summed E-state index contributed by atoms with van der Waals surface area (Å²) in [5.74, 6) is 2.74. The monoisotopic (exact) mass is 531 g/mol. The van der Waals surface area contributed by atoms with Crippen LogP contribution in [0.1, 0.15) is 34.6 Å². The molecule has 2 aromatic rings. The summed E-state index contributed by atoms with van der Waals surface area (Å²) in [4.78, 5) is 28.6. The number of benzene rings is 2. The fourth-order valence-electron chi connectivity index (χ4n) is 5.09. The van der Waals surface area contributed by atoms with Crippen LogP contribution >= 0.6 is 12.4 Å². The first-order valence-electron chi connectivity index (χ1n) is 12.6. The molecule has 0 saturated heterocycles. The molecular weight excluding hydrogens is 494 g/mol. The van der Waals surface area contributed by atoms with E-state index in [1.54, 1.807) is 21.3 Å². The fourth-order valence-corrected chi connectivity index (χ4v) is 5.09. The number of ether oxygens (including phenoxy) is 3. The van der Waals surface area contributed by atoms with Crippen LogP contribution in [-0.2, 0) is 28.9 Å². The number of methoxy groups -OCH3 is 2. The number of hydrogen-bond acceptors (Lipinski definition) is 6. The molecule has 1 atom stereocenters. The minimum Gasteiger partial charge on any atom is -0.493 e. The van der Waals surface area contributed by atoms with Gasteiger partial charge in [-0.25, -0.2) is 0 Å². The van der Waals surface area contributed by atoms with Crippen molar-refractivity contribution in [2.24, 2.45) is 0 Å². The molecule has 1 heterocycles. The summed E-state index contributed by atoms with van der Waals surface area (Å²) >= 11 is 0. The number of halogens is 1. The summed E-state index contributed by atoms with van der Waals surface area (Å²) in [5, 5.41) is 2.55. The number of rotatable bonds is 10. The molecular formula is C28H38ClN3O5. The van der Waals surface area contributed by atoms with Crippen LogP contribution in [0.2, 0.25) is 0 Å². The predicted molar refractivity (Wildman–Crippen MR) is 145 cm³/mol. The third kappa shape index (κ3) is 6.87. The van der Waals surface area contributed by atoms with Crippen molar-refractivity contribution in [2.45, 2.75) is 31.6 Å². The van der Waals surface area contributed by atoms with Crippen molar-refractivity contribution in [3.8, 4) is 17.2 Å². The third-order valence-electron chi connectivity index (χ3n) is 7.27. The number of carbonyl (C=O) groups excluding carboxylic acids is 2. The van der Waals surface area contributed by atoms with Crippen LogP contribution in [0.3, 0.4) is 0 Å². The topological polar surface area (TPSA) is 80.3 Å². The van der Waals surface area contributed by atoms with Crippen molar-refractivity contribution >= 4 is 24.2 Å². The number of nitrogens with zero attached hydrogens (tertiary/aromatic N) is 2. The van der Waals surface area contributed by atoms with Crippen LogP contribution in [0.5, 0.6) is 17.2 Å². The zero-order valence-electron chi connectivity index (χ0n) is 22.2. The molecule has 0 fully saturated rings. The van der Waals surface area contributed by atoms with Crippen molar-refractivity contribution in [1.29, 1.82) is 0 Å².